The van der Waals surface area contributed by atoms with Gasteiger partial charge in [-0.3, -0.25) is 4.98 Å². The van der Waals surface area contributed by atoms with Crippen molar-refractivity contribution in [2.75, 3.05) is 0 Å². The van der Waals surface area contributed by atoms with Crippen molar-refractivity contribution in [3.05, 3.63) is 103 Å². The molecule has 0 N–H and O–H groups in total. The Balaban J connectivity index is 1.48. The minimum absolute atomic E-state index is 0.407. The molecule has 0 radical (unpaired) electrons. The molecule has 4 aromatic rings. The third-order valence-electron chi connectivity index (χ3n) is 7.61. The van der Waals surface area contributed by atoms with Gasteiger partial charge in [-0.25, -0.2) is 0 Å². The number of aromatic nitrogens is 1. The number of rotatable bonds is 4. The highest BCUT2D eigenvalue weighted by molar-refractivity contribution is 7.73. The zero-order chi connectivity index (χ0) is 20.1. The molecule has 1 heterocycles. The standard InChI is InChI=1S/C28H26NP/c1-28-19-18-23(28)27(26(28)25-17-16-20-10-8-9-15-24(20)29-25)30(21-11-4-2-5-12-21)22-13-6-3-7-14-22/h2-17,23,26-27H,18-19H2,1H3/t23-,26+,27-,28?/m1/s1. The highest BCUT2D eigenvalue weighted by Gasteiger charge is 2.66. The van der Waals surface area contributed by atoms with Crippen LogP contribution in [-0.4, -0.2) is 10.6 Å². The van der Waals surface area contributed by atoms with E-state index in [4.69, 9.17) is 4.98 Å². The van der Waals surface area contributed by atoms with Crippen LogP contribution in [0.1, 0.15) is 31.4 Å². The summed E-state index contributed by atoms with van der Waals surface area (Å²) >= 11 is 0. The molecule has 30 heavy (non-hydrogen) atoms. The lowest BCUT2D eigenvalue weighted by atomic mass is 9.42. The van der Waals surface area contributed by atoms with Crippen molar-refractivity contribution in [3.63, 3.8) is 0 Å². The number of fused-ring (bicyclic) bond motifs is 2. The topological polar surface area (TPSA) is 12.9 Å². The second-order valence-electron chi connectivity index (χ2n) is 9.09. The van der Waals surface area contributed by atoms with Crippen LogP contribution >= 0.6 is 7.92 Å². The maximum atomic E-state index is 5.19. The van der Waals surface area contributed by atoms with Crippen LogP contribution in [0.5, 0.6) is 0 Å². The molecule has 0 bridgehead atoms. The number of para-hydroxylation sites is 1. The first-order valence-electron chi connectivity index (χ1n) is 11.0. The summed E-state index contributed by atoms with van der Waals surface area (Å²) in [4.78, 5) is 5.19. The summed E-state index contributed by atoms with van der Waals surface area (Å²) in [6.07, 6.45) is 2.70. The zero-order valence-corrected chi connectivity index (χ0v) is 18.2. The number of pyridine rings is 1. The van der Waals surface area contributed by atoms with Gasteiger partial charge in [-0.2, -0.15) is 0 Å². The molecule has 1 aromatic heterocycles. The van der Waals surface area contributed by atoms with Crippen LogP contribution in [0.2, 0.25) is 0 Å². The fourth-order valence-corrected chi connectivity index (χ4v) is 9.60. The average molecular weight is 407 g/mol. The highest BCUT2D eigenvalue weighted by Crippen LogP contribution is 2.75. The van der Waals surface area contributed by atoms with E-state index in [0.29, 0.717) is 17.0 Å². The van der Waals surface area contributed by atoms with Crippen molar-refractivity contribution in [2.24, 2.45) is 11.3 Å². The minimum Gasteiger partial charge on any atom is -0.253 e. The van der Waals surface area contributed by atoms with E-state index in [1.165, 1.54) is 34.5 Å². The van der Waals surface area contributed by atoms with E-state index < -0.39 is 7.92 Å². The molecular weight excluding hydrogens is 381 g/mol. The van der Waals surface area contributed by atoms with Crippen molar-refractivity contribution in [2.45, 2.75) is 31.3 Å². The molecule has 2 aliphatic carbocycles. The van der Waals surface area contributed by atoms with Gasteiger partial charge in [0.2, 0.25) is 0 Å². The van der Waals surface area contributed by atoms with E-state index >= 15 is 0 Å². The lowest BCUT2D eigenvalue weighted by Gasteiger charge is -2.69. The Morgan fingerprint density at radius 3 is 2.03 bits per heavy atom. The number of benzene rings is 3. The molecule has 3 aromatic carbocycles. The summed E-state index contributed by atoms with van der Waals surface area (Å²) in [7, 11) is -0.418. The SMILES string of the molecule is CC12CC[C@@H]1[C@@H](P(c1ccccc1)c1ccccc1)[C@@H]2c1ccc2ccccc2n1. The molecule has 2 aliphatic rings. The molecule has 1 nitrogen and oxygen atoms in total. The molecule has 2 heteroatoms. The van der Waals surface area contributed by atoms with Gasteiger partial charge >= 0.3 is 0 Å². The smallest absolute Gasteiger partial charge is 0.0705 e. The lowest BCUT2D eigenvalue weighted by molar-refractivity contribution is -0.0795. The molecule has 148 valence electrons. The Morgan fingerprint density at radius 2 is 1.40 bits per heavy atom. The van der Waals surface area contributed by atoms with Crippen LogP contribution in [0.3, 0.4) is 0 Å². The van der Waals surface area contributed by atoms with Crippen LogP contribution in [0, 0.1) is 11.3 Å². The first kappa shape index (κ1) is 18.3. The zero-order valence-electron chi connectivity index (χ0n) is 17.3. The summed E-state index contributed by atoms with van der Waals surface area (Å²) < 4.78 is 0. The first-order valence-corrected chi connectivity index (χ1v) is 12.4. The Hall–Kier alpha value is -2.50. The monoisotopic (exact) mass is 407 g/mol. The van der Waals surface area contributed by atoms with E-state index in [0.717, 1.165) is 11.4 Å². The molecule has 0 amide bonds. The quantitative estimate of drug-likeness (QED) is 0.364. The van der Waals surface area contributed by atoms with Crippen molar-refractivity contribution in [1.82, 2.24) is 4.98 Å². The molecule has 0 spiro atoms. The fourth-order valence-electron chi connectivity index (χ4n) is 5.98. The number of hydrogen-bond acceptors (Lipinski definition) is 1. The van der Waals surface area contributed by atoms with Crippen molar-refractivity contribution >= 4 is 29.4 Å². The molecule has 4 atom stereocenters. The Morgan fingerprint density at radius 1 is 0.767 bits per heavy atom. The van der Waals surface area contributed by atoms with E-state index in [2.05, 4.69) is 104 Å². The molecular formula is C28H26NP. The van der Waals surface area contributed by atoms with Crippen LogP contribution in [0.4, 0.5) is 0 Å². The van der Waals surface area contributed by atoms with Crippen LogP contribution in [0.25, 0.3) is 10.9 Å². The van der Waals surface area contributed by atoms with Gasteiger partial charge in [-0.05, 0) is 60.5 Å². The molecule has 2 fully saturated rings. The maximum absolute atomic E-state index is 5.19. The van der Waals surface area contributed by atoms with E-state index in [1.807, 2.05) is 0 Å². The number of nitrogens with zero attached hydrogens (tertiary/aromatic N) is 1. The second-order valence-corrected chi connectivity index (χ2v) is 11.5. The first-order chi connectivity index (χ1) is 14.8. The van der Waals surface area contributed by atoms with E-state index in [-0.39, 0.29) is 0 Å². The van der Waals surface area contributed by atoms with Crippen LogP contribution in [0.15, 0.2) is 97.1 Å². The Labute approximate surface area is 179 Å². The molecule has 2 saturated carbocycles. The molecule has 6 rings (SSSR count). The number of hydrogen-bond donors (Lipinski definition) is 0. The predicted octanol–water partition coefficient (Wildman–Crippen LogP) is 6.25. The summed E-state index contributed by atoms with van der Waals surface area (Å²) in [5.74, 6) is 1.34. The van der Waals surface area contributed by atoms with Gasteiger partial charge in [-0.15, -0.1) is 0 Å². The third-order valence-corrected chi connectivity index (χ3v) is 10.6. The third kappa shape index (κ3) is 2.69. The predicted molar refractivity (Wildman–Crippen MR) is 128 cm³/mol. The fraction of sp³-hybridized carbons (Fsp3) is 0.250. The maximum Gasteiger partial charge on any atom is 0.0705 e. The molecule has 0 aliphatic heterocycles. The summed E-state index contributed by atoms with van der Waals surface area (Å²) in [5.41, 5.74) is 3.50. The lowest BCUT2D eigenvalue weighted by Crippen LogP contribution is -2.63. The normalized spacial score (nSPS) is 27.3. The van der Waals surface area contributed by atoms with Crippen molar-refractivity contribution in [1.29, 1.82) is 0 Å². The highest BCUT2D eigenvalue weighted by atomic mass is 31.1. The van der Waals surface area contributed by atoms with Crippen molar-refractivity contribution in [3.8, 4) is 0 Å². The van der Waals surface area contributed by atoms with Gasteiger partial charge in [0.05, 0.1) is 5.52 Å². The van der Waals surface area contributed by atoms with Gasteiger partial charge in [0.25, 0.3) is 0 Å². The van der Waals surface area contributed by atoms with Crippen LogP contribution < -0.4 is 10.6 Å². The van der Waals surface area contributed by atoms with Gasteiger partial charge in [-0.1, -0.05) is 91.9 Å². The van der Waals surface area contributed by atoms with E-state index in [9.17, 15) is 0 Å². The minimum atomic E-state index is -0.418. The van der Waals surface area contributed by atoms with E-state index in [1.54, 1.807) is 0 Å². The summed E-state index contributed by atoms with van der Waals surface area (Å²) in [6.45, 7) is 2.52. The van der Waals surface area contributed by atoms with Gasteiger partial charge in [0, 0.05) is 17.0 Å². The largest absolute Gasteiger partial charge is 0.253 e. The van der Waals surface area contributed by atoms with Gasteiger partial charge in [0.1, 0.15) is 0 Å². The Bertz CT molecular complexity index is 1150. The molecule has 0 saturated heterocycles. The van der Waals surface area contributed by atoms with Gasteiger partial charge in [0.15, 0.2) is 0 Å². The average Bonchev–Trinajstić information content (AvgIpc) is 2.80. The Kier molecular flexibility index (Phi) is 4.29. The molecule has 1 unspecified atom stereocenters. The van der Waals surface area contributed by atoms with Crippen molar-refractivity contribution < 1.29 is 0 Å². The summed E-state index contributed by atoms with van der Waals surface area (Å²) in [6, 6.07) is 35.6. The second kappa shape index (κ2) is 7.03. The van der Waals surface area contributed by atoms with Crippen LogP contribution in [-0.2, 0) is 0 Å². The summed E-state index contributed by atoms with van der Waals surface area (Å²) in [5, 5.41) is 4.24. The van der Waals surface area contributed by atoms with Gasteiger partial charge < -0.3 is 0 Å².